The second-order valence-corrected chi connectivity index (χ2v) is 3.28. The zero-order chi connectivity index (χ0) is 9.72. The number of carbonyl (C=O) groups excluding carboxylic acids is 1. The Morgan fingerprint density at radius 2 is 2.08 bits per heavy atom. The molecule has 0 fully saturated rings. The highest BCUT2D eigenvalue weighted by Gasteiger charge is 2.21. The maximum Gasteiger partial charge on any atom is 0.237 e. The van der Waals surface area contributed by atoms with Gasteiger partial charge in [-0.05, 0) is 12.3 Å². The summed E-state index contributed by atoms with van der Waals surface area (Å²) >= 11 is 0. The van der Waals surface area contributed by atoms with E-state index in [9.17, 15) is 4.79 Å². The third-order valence-corrected chi connectivity index (χ3v) is 1.75. The van der Waals surface area contributed by atoms with E-state index in [0.29, 0.717) is 5.92 Å². The van der Waals surface area contributed by atoms with E-state index in [4.69, 9.17) is 10.6 Å². The minimum absolute atomic E-state index is 0.324. The fourth-order valence-electron chi connectivity index (χ4n) is 1.02. The highest BCUT2D eigenvalue weighted by molar-refractivity contribution is 5.79. The predicted octanol–water partition coefficient (Wildman–Crippen LogP) is 0.380. The molecule has 12 heavy (non-hydrogen) atoms. The molecule has 0 spiro atoms. The van der Waals surface area contributed by atoms with Crippen LogP contribution in [0.1, 0.15) is 20.3 Å². The summed E-state index contributed by atoms with van der Waals surface area (Å²) in [6, 6.07) is -0.324. The molecule has 72 valence electrons. The average Bonchev–Trinajstić information content (AvgIpc) is 1.98. The van der Waals surface area contributed by atoms with Crippen LogP contribution in [-0.2, 0) is 9.63 Å². The van der Waals surface area contributed by atoms with Crippen molar-refractivity contribution in [2.45, 2.75) is 26.3 Å². The molecule has 0 aliphatic rings. The summed E-state index contributed by atoms with van der Waals surface area (Å²) in [7, 11) is 3.23. The molecule has 0 aromatic heterocycles. The summed E-state index contributed by atoms with van der Waals surface area (Å²) in [6.45, 7) is 4.08. The van der Waals surface area contributed by atoms with Crippen LogP contribution < -0.4 is 5.73 Å². The van der Waals surface area contributed by atoms with Gasteiger partial charge in [0.15, 0.2) is 0 Å². The fourth-order valence-corrected chi connectivity index (χ4v) is 1.02. The quantitative estimate of drug-likeness (QED) is 0.613. The zero-order valence-electron chi connectivity index (χ0n) is 8.20. The van der Waals surface area contributed by atoms with Crippen molar-refractivity contribution in [2.24, 2.45) is 11.7 Å². The predicted molar refractivity (Wildman–Crippen MR) is 47.2 cm³/mol. The van der Waals surface area contributed by atoms with Crippen LogP contribution in [0.2, 0.25) is 0 Å². The van der Waals surface area contributed by atoms with Gasteiger partial charge >= 0.3 is 0 Å². The van der Waals surface area contributed by atoms with Crippen molar-refractivity contribution >= 4 is 5.91 Å². The van der Waals surface area contributed by atoms with Crippen LogP contribution in [0.15, 0.2) is 0 Å². The molecule has 0 heterocycles. The molecule has 0 saturated heterocycles. The van der Waals surface area contributed by atoms with E-state index in [1.807, 2.05) is 13.8 Å². The maximum atomic E-state index is 10.9. The Morgan fingerprint density at radius 3 is 2.33 bits per heavy atom. The number of nitrogens with two attached hydrogens (primary N) is 1. The third-order valence-electron chi connectivity index (χ3n) is 1.75. The van der Waals surface area contributed by atoms with Gasteiger partial charge in [0.1, 0.15) is 6.04 Å². The Morgan fingerprint density at radius 1 is 1.58 bits per heavy atom. The van der Waals surface area contributed by atoms with Crippen molar-refractivity contribution in [3.05, 3.63) is 0 Å². The summed E-state index contributed by atoms with van der Waals surface area (Å²) in [5, 5.41) is 1.49. The molecule has 1 atom stereocenters. The lowest BCUT2D eigenvalue weighted by Gasteiger charge is -2.24. The number of rotatable bonds is 5. The Balaban J connectivity index is 4.13. The number of hydrogen-bond acceptors (Lipinski definition) is 3. The van der Waals surface area contributed by atoms with Crippen molar-refractivity contribution < 1.29 is 9.63 Å². The minimum atomic E-state index is -0.340. The van der Waals surface area contributed by atoms with E-state index < -0.39 is 0 Å². The number of hydroxylamine groups is 2. The van der Waals surface area contributed by atoms with E-state index in [2.05, 4.69) is 0 Å². The Hall–Kier alpha value is -0.610. The molecular weight excluding hydrogens is 156 g/mol. The normalized spacial score (nSPS) is 13.8. The standard InChI is InChI=1S/C8H18N2O2/c1-6(2)5-7(8(9)11)10(3)12-4/h6-7H,5H2,1-4H3,(H2,9,11)/t7-/m0/s1. The minimum Gasteiger partial charge on any atom is -0.368 e. The first-order valence-electron chi connectivity index (χ1n) is 4.05. The van der Waals surface area contributed by atoms with Gasteiger partial charge in [-0.25, -0.2) is 0 Å². The van der Waals surface area contributed by atoms with E-state index in [0.717, 1.165) is 6.42 Å². The topological polar surface area (TPSA) is 55.6 Å². The summed E-state index contributed by atoms with van der Waals surface area (Å²) in [5.74, 6) is 0.0909. The number of likely N-dealkylation sites (N-methyl/N-ethyl adjacent to an activating group) is 1. The largest absolute Gasteiger partial charge is 0.368 e. The Labute approximate surface area is 73.6 Å². The Kier molecular flexibility index (Phi) is 4.85. The van der Waals surface area contributed by atoms with Gasteiger partial charge < -0.3 is 10.6 Å². The maximum absolute atomic E-state index is 10.9. The molecule has 0 aromatic rings. The van der Waals surface area contributed by atoms with Crippen LogP contribution >= 0.6 is 0 Å². The molecule has 0 rings (SSSR count). The Bertz CT molecular complexity index is 148. The first kappa shape index (κ1) is 11.4. The van der Waals surface area contributed by atoms with Gasteiger partial charge in [-0.2, -0.15) is 5.06 Å². The van der Waals surface area contributed by atoms with Gasteiger partial charge in [0.05, 0.1) is 7.11 Å². The summed E-state index contributed by atoms with van der Waals surface area (Å²) in [4.78, 5) is 15.8. The molecule has 0 aliphatic heterocycles. The molecule has 1 amide bonds. The van der Waals surface area contributed by atoms with Gasteiger partial charge in [0, 0.05) is 7.05 Å². The summed E-state index contributed by atoms with van der Waals surface area (Å²) in [5.41, 5.74) is 5.20. The van der Waals surface area contributed by atoms with Crippen molar-refractivity contribution in [3.63, 3.8) is 0 Å². The first-order chi connectivity index (χ1) is 5.49. The van der Waals surface area contributed by atoms with Crippen LogP contribution in [-0.4, -0.2) is 31.2 Å². The molecular formula is C8H18N2O2. The van der Waals surface area contributed by atoms with Crippen molar-refractivity contribution in [1.82, 2.24) is 5.06 Å². The van der Waals surface area contributed by atoms with Crippen molar-refractivity contribution in [2.75, 3.05) is 14.2 Å². The average molecular weight is 174 g/mol. The van der Waals surface area contributed by atoms with Crippen LogP contribution in [0.25, 0.3) is 0 Å². The first-order valence-corrected chi connectivity index (χ1v) is 4.05. The lowest BCUT2D eigenvalue weighted by atomic mass is 10.0. The van der Waals surface area contributed by atoms with E-state index >= 15 is 0 Å². The SMILES string of the molecule is CON(C)[C@@H](CC(C)C)C(N)=O. The van der Waals surface area contributed by atoms with Crippen molar-refractivity contribution in [3.8, 4) is 0 Å². The van der Waals surface area contributed by atoms with Gasteiger partial charge in [-0.1, -0.05) is 13.8 Å². The zero-order valence-corrected chi connectivity index (χ0v) is 8.20. The molecule has 2 N–H and O–H groups in total. The second-order valence-electron chi connectivity index (χ2n) is 3.28. The molecule has 0 radical (unpaired) electrons. The lowest BCUT2D eigenvalue weighted by molar-refractivity contribution is -0.161. The lowest BCUT2D eigenvalue weighted by Crippen LogP contribution is -2.42. The van der Waals surface area contributed by atoms with Gasteiger partial charge in [0.25, 0.3) is 0 Å². The van der Waals surface area contributed by atoms with Gasteiger partial charge in [-0.3, -0.25) is 4.79 Å². The number of primary amides is 1. The fraction of sp³-hybridized carbons (Fsp3) is 0.875. The van der Waals surface area contributed by atoms with E-state index in [1.165, 1.54) is 12.2 Å². The van der Waals surface area contributed by atoms with Crippen LogP contribution in [0, 0.1) is 5.92 Å². The summed E-state index contributed by atoms with van der Waals surface area (Å²) < 4.78 is 0. The number of amides is 1. The van der Waals surface area contributed by atoms with Crippen LogP contribution in [0.5, 0.6) is 0 Å². The highest BCUT2D eigenvalue weighted by atomic mass is 16.7. The monoisotopic (exact) mass is 174 g/mol. The number of carbonyl (C=O) groups is 1. The number of hydrogen-bond donors (Lipinski definition) is 1. The second kappa shape index (κ2) is 5.11. The van der Waals surface area contributed by atoms with Gasteiger partial charge in [0.2, 0.25) is 5.91 Å². The van der Waals surface area contributed by atoms with Crippen molar-refractivity contribution in [1.29, 1.82) is 0 Å². The van der Waals surface area contributed by atoms with E-state index in [1.54, 1.807) is 7.05 Å². The molecule has 0 saturated carbocycles. The molecule has 4 heteroatoms. The van der Waals surface area contributed by atoms with E-state index in [-0.39, 0.29) is 11.9 Å². The van der Waals surface area contributed by atoms with Crippen LogP contribution in [0.3, 0.4) is 0 Å². The number of nitrogens with zero attached hydrogens (tertiary/aromatic N) is 1. The molecule has 4 nitrogen and oxygen atoms in total. The smallest absolute Gasteiger partial charge is 0.237 e. The third kappa shape index (κ3) is 3.69. The summed E-state index contributed by atoms with van der Waals surface area (Å²) in [6.07, 6.45) is 0.722. The molecule has 0 bridgehead atoms. The molecule has 0 unspecified atom stereocenters. The van der Waals surface area contributed by atoms with Gasteiger partial charge in [-0.15, -0.1) is 0 Å². The highest BCUT2D eigenvalue weighted by Crippen LogP contribution is 2.09. The van der Waals surface area contributed by atoms with Crippen LogP contribution in [0.4, 0.5) is 0 Å². The molecule has 0 aromatic carbocycles. The molecule has 0 aliphatic carbocycles.